The van der Waals surface area contributed by atoms with E-state index in [0.717, 1.165) is 16.6 Å². The molecule has 21 heavy (non-hydrogen) atoms. The lowest BCUT2D eigenvalue weighted by atomic mass is 10.1. The quantitative estimate of drug-likeness (QED) is 0.568. The maximum absolute atomic E-state index is 10.8. The molecule has 3 rings (SSSR count). The lowest BCUT2D eigenvalue weighted by Crippen LogP contribution is -2.01. The maximum atomic E-state index is 10.8. The summed E-state index contributed by atoms with van der Waals surface area (Å²) in [7, 11) is 0. The summed E-state index contributed by atoms with van der Waals surface area (Å²) in [6.45, 7) is 0.394. The van der Waals surface area contributed by atoms with Crippen molar-refractivity contribution in [3.63, 3.8) is 0 Å². The first-order valence-electron chi connectivity index (χ1n) is 6.24. The van der Waals surface area contributed by atoms with Crippen molar-refractivity contribution in [1.82, 2.24) is 10.2 Å². The van der Waals surface area contributed by atoms with Crippen LogP contribution in [0.5, 0.6) is 0 Å². The van der Waals surface area contributed by atoms with Crippen LogP contribution >= 0.6 is 11.6 Å². The molecule has 0 fully saturated rings. The van der Waals surface area contributed by atoms with Crippen molar-refractivity contribution in [2.75, 3.05) is 5.32 Å². The highest BCUT2D eigenvalue weighted by molar-refractivity contribution is 6.31. The minimum absolute atomic E-state index is 0.0257. The summed E-state index contributed by atoms with van der Waals surface area (Å²) in [6, 6.07) is 10.2. The molecule has 2 aromatic carbocycles. The van der Waals surface area contributed by atoms with E-state index in [1.54, 1.807) is 6.20 Å². The lowest BCUT2D eigenvalue weighted by Gasteiger charge is -2.09. The van der Waals surface area contributed by atoms with Crippen LogP contribution in [-0.4, -0.2) is 15.1 Å². The molecule has 1 heterocycles. The summed E-state index contributed by atoms with van der Waals surface area (Å²) in [4.78, 5) is 10.4. The van der Waals surface area contributed by atoms with Gasteiger partial charge in [0.2, 0.25) is 0 Å². The molecule has 0 amide bonds. The molecule has 106 valence electrons. The number of halogens is 1. The van der Waals surface area contributed by atoms with Crippen molar-refractivity contribution < 1.29 is 4.92 Å². The van der Waals surface area contributed by atoms with Crippen molar-refractivity contribution in [2.45, 2.75) is 6.54 Å². The summed E-state index contributed by atoms with van der Waals surface area (Å²) in [6.07, 6.45) is 1.73. The van der Waals surface area contributed by atoms with Crippen molar-refractivity contribution >= 4 is 33.9 Å². The van der Waals surface area contributed by atoms with Gasteiger partial charge in [-0.15, -0.1) is 0 Å². The Kier molecular flexibility index (Phi) is 3.45. The number of nitro groups is 1. The van der Waals surface area contributed by atoms with Gasteiger partial charge in [0, 0.05) is 34.8 Å². The lowest BCUT2D eigenvalue weighted by molar-refractivity contribution is -0.384. The topological polar surface area (TPSA) is 83.9 Å². The van der Waals surface area contributed by atoms with Gasteiger partial charge < -0.3 is 5.32 Å². The summed E-state index contributed by atoms with van der Waals surface area (Å²) in [5, 5.41) is 22.4. The zero-order valence-electron chi connectivity index (χ0n) is 10.8. The standard InChI is InChI=1S/C14H11ClN4O2/c15-12-5-4-10(19(20)21)6-9(12)7-16-13-2-1-3-14-11(13)8-17-18-14/h1-6,8,16H,7H2,(H,17,18). The number of H-pyrrole nitrogens is 1. The van der Waals surface area contributed by atoms with Gasteiger partial charge in [0.15, 0.2) is 0 Å². The van der Waals surface area contributed by atoms with Gasteiger partial charge in [-0.05, 0) is 23.8 Å². The number of aromatic nitrogens is 2. The fourth-order valence-electron chi connectivity index (χ4n) is 2.12. The van der Waals surface area contributed by atoms with E-state index in [2.05, 4.69) is 15.5 Å². The molecule has 0 aliphatic rings. The predicted molar refractivity (Wildman–Crippen MR) is 81.5 cm³/mol. The van der Waals surface area contributed by atoms with E-state index in [9.17, 15) is 10.1 Å². The van der Waals surface area contributed by atoms with E-state index in [4.69, 9.17) is 11.6 Å². The monoisotopic (exact) mass is 302 g/mol. The van der Waals surface area contributed by atoms with Gasteiger partial charge in [0.1, 0.15) is 0 Å². The van der Waals surface area contributed by atoms with E-state index in [0.29, 0.717) is 17.1 Å². The number of fused-ring (bicyclic) bond motifs is 1. The average Bonchev–Trinajstić information content (AvgIpc) is 2.95. The Morgan fingerprint density at radius 1 is 1.33 bits per heavy atom. The molecule has 1 aromatic heterocycles. The highest BCUT2D eigenvalue weighted by Crippen LogP contribution is 2.25. The van der Waals surface area contributed by atoms with Gasteiger partial charge in [0.25, 0.3) is 5.69 Å². The number of anilines is 1. The van der Waals surface area contributed by atoms with Crippen LogP contribution in [0, 0.1) is 10.1 Å². The van der Waals surface area contributed by atoms with Crippen molar-refractivity contribution in [1.29, 1.82) is 0 Å². The average molecular weight is 303 g/mol. The molecule has 7 heteroatoms. The molecule has 6 nitrogen and oxygen atoms in total. The zero-order valence-corrected chi connectivity index (χ0v) is 11.6. The molecule has 3 aromatic rings. The Morgan fingerprint density at radius 2 is 2.19 bits per heavy atom. The molecule has 0 bridgehead atoms. The van der Waals surface area contributed by atoms with Crippen molar-refractivity contribution in [3.8, 4) is 0 Å². The van der Waals surface area contributed by atoms with Crippen LogP contribution < -0.4 is 5.32 Å². The fraction of sp³-hybridized carbons (Fsp3) is 0.0714. The first kappa shape index (κ1) is 13.4. The van der Waals surface area contributed by atoms with Crippen LogP contribution in [0.25, 0.3) is 10.9 Å². The van der Waals surface area contributed by atoms with Crippen LogP contribution in [0.15, 0.2) is 42.6 Å². The predicted octanol–water partition coefficient (Wildman–Crippen LogP) is 3.74. The van der Waals surface area contributed by atoms with Gasteiger partial charge in [0.05, 0.1) is 16.6 Å². The third kappa shape index (κ3) is 2.66. The first-order valence-corrected chi connectivity index (χ1v) is 6.62. The van der Waals surface area contributed by atoms with E-state index >= 15 is 0 Å². The SMILES string of the molecule is O=[N+]([O-])c1ccc(Cl)c(CNc2cccc3[nH]ncc23)c1. The highest BCUT2D eigenvalue weighted by atomic mass is 35.5. The molecule has 0 saturated carbocycles. The third-order valence-corrected chi connectivity index (χ3v) is 3.56. The minimum Gasteiger partial charge on any atom is -0.380 e. The number of hydrogen-bond acceptors (Lipinski definition) is 4. The smallest absolute Gasteiger partial charge is 0.269 e. The van der Waals surface area contributed by atoms with E-state index in [1.807, 2.05) is 18.2 Å². The maximum Gasteiger partial charge on any atom is 0.269 e. The third-order valence-electron chi connectivity index (χ3n) is 3.19. The number of rotatable bonds is 4. The number of aromatic amines is 1. The number of benzene rings is 2. The summed E-state index contributed by atoms with van der Waals surface area (Å²) >= 11 is 6.08. The summed E-state index contributed by atoms with van der Waals surface area (Å²) in [5.41, 5.74) is 2.51. The molecular formula is C14H11ClN4O2. The number of hydrogen-bond donors (Lipinski definition) is 2. The van der Waals surface area contributed by atoms with Crippen LogP contribution in [0.1, 0.15) is 5.56 Å². The fourth-order valence-corrected chi connectivity index (χ4v) is 2.31. The highest BCUT2D eigenvalue weighted by Gasteiger charge is 2.10. The van der Waals surface area contributed by atoms with Gasteiger partial charge in [-0.3, -0.25) is 15.2 Å². The van der Waals surface area contributed by atoms with Gasteiger partial charge >= 0.3 is 0 Å². The largest absolute Gasteiger partial charge is 0.380 e. The number of nitrogens with zero attached hydrogens (tertiary/aromatic N) is 2. The number of nitro benzene ring substituents is 1. The Labute approximate surface area is 124 Å². The number of nitrogens with one attached hydrogen (secondary N) is 2. The zero-order chi connectivity index (χ0) is 14.8. The molecule has 0 unspecified atom stereocenters. The molecule has 0 aliphatic carbocycles. The van der Waals surface area contributed by atoms with Gasteiger partial charge in [-0.2, -0.15) is 5.10 Å². The molecule has 0 atom stereocenters. The van der Waals surface area contributed by atoms with Gasteiger partial charge in [-0.1, -0.05) is 17.7 Å². The van der Waals surface area contributed by atoms with Crippen LogP contribution in [-0.2, 0) is 6.54 Å². The van der Waals surface area contributed by atoms with Crippen LogP contribution in [0.2, 0.25) is 5.02 Å². The summed E-state index contributed by atoms with van der Waals surface area (Å²) < 4.78 is 0. The molecular weight excluding hydrogens is 292 g/mol. The van der Waals surface area contributed by atoms with Crippen LogP contribution in [0.3, 0.4) is 0 Å². The van der Waals surface area contributed by atoms with E-state index < -0.39 is 4.92 Å². The van der Waals surface area contributed by atoms with E-state index in [1.165, 1.54) is 18.2 Å². The van der Waals surface area contributed by atoms with Crippen molar-refractivity contribution in [2.24, 2.45) is 0 Å². The minimum atomic E-state index is -0.434. The normalized spacial score (nSPS) is 10.7. The molecule has 0 aliphatic heterocycles. The van der Waals surface area contributed by atoms with E-state index in [-0.39, 0.29) is 5.69 Å². The molecule has 0 saturated heterocycles. The second kappa shape index (κ2) is 5.41. The molecule has 0 radical (unpaired) electrons. The molecule has 2 N–H and O–H groups in total. The van der Waals surface area contributed by atoms with Gasteiger partial charge in [-0.25, -0.2) is 0 Å². The second-order valence-corrected chi connectivity index (χ2v) is 4.93. The number of non-ortho nitro benzene ring substituents is 1. The second-order valence-electron chi connectivity index (χ2n) is 4.52. The van der Waals surface area contributed by atoms with Crippen molar-refractivity contribution in [3.05, 3.63) is 63.3 Å². The van der Waals surface area contributed by atoms with Crippen LogP contribution in [0.4, 0.5) is 11.4 Å². The Morgan fingerprint density at radius 3 is 3.00 bits per heavy atom. The Bertz CT molecular complexity index is 816. The Balaban J connectivity index is 1.86. The summed E-state index contributed by atoms with van der Waals surface area (Å²) in [5.74, 6) is 0. The molecule has 0 spiro atoms. The Hall–Kier alpha value is -2.60. The first-order chi connectivity index (χ1) is 10.1.